The van der Waals surface area contributed by atoms with E-state index in [9.17, 15) is 8.42 Å². The third kappa shape index (κ3) is 12.0. The molecule has 6 nitrogen and oxygen atoms in total. The smallest absolute Gasteiger partial charge is 0.279 e. The first-order valence-corrected chi connectivity index (χ1v) is 13.9. The molecule has 30 heavy (non-hydrogen) atoms. The molecule has 0 bridgehead atoms. The van der Waals surface area contributed by atoms with Gasteiger partial charge < -0.3 is 9.64 Å². The van der Waals surface area contributed by atoms with E-state index in [1.807, 2.05) is 0 Å². The fourth-order valence-electron chi connectivity index (χ4n) is 4.08. The van der Waals surface area contributed by atoms with Crippen molar-refractivity contribution in [3.05, 3.63) is 0 Å². The van der Waals surface area contributed by atoms with Gasteiger partial charge in [-0.25, -0.2) is 4.72 Å². The van der Waals surface area contributed by atoms with Crippen LogP contribution in [0, 0.1) is 0 Å². The topological polar surface area (TPSA) is 61.9 Å². The Kier molecular flexibility index (Phi) is 15.2. The molecule has 7 heteroatoms. The average Bonchev–Trinajstić information content (AvgIpc) is 2.73. The molecular formula is C23H49N3O3S. The molecule has 0 aromatic heterocycles. The van der Waals surface area contributed by atoms with Crippen molar-refractivity contribution in [1.29, 1.82) is 0 Å². The fraction of sp³-hybridized carbons (Fsp3) is 1.00. The van der Waals surface area contributed by atoms with Crippen LogP contribution in [0.1, 0.15) is 97.3 Å². The molecule has 180 valence electrons. The van der Waals surface area contributed by atoms with Crippen molar-refractivity contribution in [3.63, 3.8) is 0 Å². The van der Waals surface area contributed by atoms with Crippen molar-refractivity contribution in [2.24, 2.45) is 0 Å². The molecule has 1 aliphatic rings. The minimum atomic E-state index is -3.35. The van der Waals surface area contributed by atoms with Crippen LogP contribution in [0.4, 0.5) is 0 Å². The van der Waals surface area contributed by atoms with Crippen LogP contribution >= 0.6 is 0 Å². The Morgan fingerprint density at radius 3 is 2.07 bits per heavy atom. The first-order chi connectivity index (χ1) is 14.4. The van der Waals surface area contributed by atoms with Crippen molar-refractivity contribution in [2.75, 3.05) is 40.3 Å². The fourth-order valence-corrected chi connectivity index (χ4v) is 5.29. The van der Waals surface area contributed by atoms with Crippen LogP contribution < -0.4 is 4.72 Å². The molecule has 0 aromatic carbocycles. The number of rotatable bonds is 18. The predicted molar refractivity (Wildman–Crippen MR) is 127 cm³/mol. The number of nitrogens with zero attached hydrogens (tertiary/aromatic N) is 2. The molecule has 0 atom stereocenters. The summed E-state index contributed by atoms with van der Waals surface area (Å²) in [5.41, 5.74) is 0. The highest BCUT2D eigenvalue weighted by atomic mass is 32.2. The van der Waals surface area contributed by atoms with Gasteiger partial charge in [0.25, 0.3) is 10.2 Å². The summed E-state index contributed by atoms with van der Waals surface area (Å²) < 4.78 is 35.1. The second-order valence-corrected chi connectivity index (χ2v) is 10.8. The minimum Gasteiger partial charge on any atom is -0.378 e. The molecule has 0 heterocycles. The summed E-state index contributed by atoms with van der Waals surface area (Å²) in [4.78, 5) is 2.46. The molecule has 0 unspecified atom stereocenters. The summed E-state index contributed by atoms with van der Waals surface area (Å²) in [5, 5.41) is 0. The first-order valence-electron chi connectivity index (χ1n) is 12.4. The van der Waals surface area contributed by atoms with E-state index in [-0.39, 0.29) is 6.04 Å². The van der Waals surface area contributed by atoms with Gasteiger partial charge in [-0.05, 0) is 71.5 Å². The minimum absolute atomic E-state index is 0.0956. The molecule has 1 rings (SSSR count). The largest absolute Gasteiger partial charge is 0.378 e. The molecule has 0 radical (unpaired) electrons. The van der Waals surface area contributed by atoms with Crippen molar-refractivity contribution >= 4 is 10.2 Å². The number of ether oxygens (including phenoxy) is 1. The van der Waals surface area contributed by atoms with Crippen LogP contribution in [0.15, 0.2) is 0 Å². The van der Waals surface area contributed by atoms with Gasteiger partial charge in [0.05, 0.1) is 6.10 Å². The molecule has 0 aromatic rings. The number of hydrogen-bond donors (Lipinski definition) is 1. The summed E-state index contributed by atoms with van der Waals surface area (Å²) in [7, 11) is 0.591. The monoisotopic (exact) mass is 447 g/mol. The van der Waals surface area contributed by atoms with Gasteiger partial charge in [0.15, 0.2) is 0 Å². The maximum atomic E-state index is 12.4. The Labute approximate surface area is 187 Å². The zero-order valence-corrected chi connectivity index (χ0v) is 21.0. The van der Waals surface area contributed by atoms with Gasteiger partial charge >= 0.3 is 0 Å². The van der Waals surface area contributed by atoms with Crippen LogP contribution in [0.3, 0.4) is 0 Å². The molecule has 0 spiro atoms. The summed E-state index contributed by atoms with van der Waals surface area (Å²) in [6.45, 7) is 8.12. The highest BCUT2D eigenvalue weighted by Gasteiger charge is 2.30. The Morgan fingerprint density at radius 1 is 0.833 bits per heavy atom. The van der Waals surface area contributed by atoms with E-state index in [1.165, 1.54) is 55.9 Å². The number of hydrogen-bond acceptors (Lipinski definition) is 4. The molecule has 0 saturated heterocycles. The zero-order valence-electron chi connectivity index (χ0n) is 20.2. The van der Waals surface area contributed by atoms with Gasteiger partial charge in [-0.2, -0.15) is 12.7 Å². The summed E-state index contributed by atoms with van der Waals surface area (Å²) in [5.74, 6) is 0. The maximum Gasteiger partial charge on any atom is 0.279 e. The van der Waals surface area contributed by atoms with Gasteiger partial charge in [0.2, 0.25) is 0 Å². The molecule has 1 fully saturated rings. The van der Waals surface area contributed by atoms with Crippen LogP contribution in [-0.4, -0.2) is 70.1 Å². The zero-order chi connectivity index (χ0) is 22.2. The average molecular weight is 448 g/mol. The van der Waals surface area contributed by atoms with Gasteiger partial charge in [0.1, 0.15) is 0 Å². The van der Waals surface area contributed by atoms with Crippen LogP contribution in [-0.2, 0) is 14.9 Å². The standard InChI is InChI=1S/C23H49N3O3S/c1-5-7-11-19-25(3)20-12-9-10-13-21-29-23-16-14-22(15-17-23)26(4)30(27,28)24-18-8-6-2/h22-24H,5-21H2,1-4H3. The van der Waals surface area contributed by atoms with E-state index in [0.717, 1.165) is 51.6 Å². The third-order valence-corrected chi connectivity index (χ3v) is 7.91. The Balaban J connectivity index is 2.07. The predicted octanol–water partition coefficient (Wildman–Crippen LogP) is 4.56. The van der Waals surface area contributed by atoms with Crippen molar-refractivity contribution in [2.45, 2.75) is 109 Å². The lowest BCUT2D eigenvalue weighted by atomic mass is 9.93. The highest BCUT2D eigenvalue weighted by Crippen LogP contribution is 2.26. The summed E-state index contributed by atoms with van der Waals surface area (Å²) in [6.07, 6.45) is 14.8. The van der Waals surface area contributed by atoms with E-state index >= 15 is 0 Å². The van der Waals surface area contributed by atoms with E-state index in [4.69, 9.17) is 4.74 Å². The molecule has 0 aliphatic heterocycles. The SMILES string of the molecule is CCCCCN(C)CCCCCCOC1CCC(N(C)S(=O)(=O)NCCCC)CC1. The lowest BCUT2D eigenvalue weighted by Gasteiger charge is -2.34. The Hall–Kier alpha value is -0.210. The van der Waals surface area contributed by atoms with Crippen LogP contribution in [0.25, 0.3) is 0 Å². The van der Waals surface area contributed by atoms with Gasteiger partial charge in [-0.1, -0.05) is 46.0 Å². The Morgan fingerprint density at radius 2 is 1.43 bits per heavy atom. The molecule has 1 saturated carbocycles. The molecule has 0 amide bonds. The molecule has 1 aliphatic carbocycles. The Bertz CT molecular complexity index is 508. The molecular weight excluding hydrogens is 398 g/mol. The van der Waals surface area contributed by atoms with Gasteiger partial charge in [-0.15, -0.1) is 0 Å². The van der Waals surface area contributed by atoms with Crippen molar-refractivity contribution < 1.29 is 13.2 Å². The van der Waals surface area contributed by atoms with Gasteiger partial charge in [0, 0.05) is 26.2 Å². The summed E-state index contributed by atoms with van der Waals surface area (Å²) in [6, 6.07) is 0.0956. The normalized spacial score (nSPS) is 20.3. The second kappa shape index (κ2) is 16.4. The van der Waals surface area contributed by atoms with Crippen molar-refractivity contribution in [3.8, 4) is 0 Å². The van der Waals surface area contributed by atoms with E-state index < -0.39 is 10.2 Å². The quantitative estimate of drug-likeness (QED) is 0.313. The van der Waals surface area contributed by atoms with E-state index in [0.29, 0.717) is 12.6 Å². The maximum absolute atomic E-state index is 12.4. The van der Waals surface area contributed by atoms with Crippen LogP contribution in [0.2, 0.25) is 0 Å². The highest BCUT2D eigenvalue weighted by molar-refractivity contribution is 7.87. The van der Waals surface area contributed by atoms with E-state index in [2.05, 4.69) is 30.5 Å². The van der Waals surface area contributed by atoms with E-state index in [1.54, 1.807) is 7.05 Å². The first kappa shape index (κ1) is 27.8. The molecule has 1 N–H and O–H groups in total. The summed E-state index contributed by atoms with van der Waals surface area (Å²) >= 11 is 0. The van der Waals surface area contributed by atoms with Gasteiger partial charge in [-0.3, -0.25) is 0 Å². The number of unbranched alkanes of at least 4 members (excludes halogenated alkanes) is 6. The van der Waals surface area contributed by atoms with Crippen LogP contribution in [0.5, 0.6) is 0 Å². The second-order valence-electron chi connectivity index (χ2n) is 9.00. The van der Waals surface area contributed by atoms with Crippen molar-refractivity contribution in [1.82, 2.24) is 13.9 Å². The third-order valence-electron chi connectivity index (χ3n) is 6.28. The number of nitrogens with one attached hydrogen (secondary N) is 1. The lowest BCUT2D eigenvalue weighted by Crippen LogP contribution is -2.46. The lowest BCUT2D eigenvalue weighted by molar-refractivity contribution is 0.0155.